The molecule has 0 aliphatic heterocycles. The topological polar surface area (TPSA) is 78.0 Å². The molecule has 0 N–H and O–H groups in total. The van der Waals surface area contributed by atoms with E-state index in [0.717, 1.165) is 0 Å². The number of hydrogen-bond acceptors (Lipinski definition) is 4. The number of aromatic nitrogens is 2. The average Bonchev–Trinajstić information content (AvgIpc) is 2.34. The van der Waals surface area contributed by atoms with Crippen LogP contribution in [-0.4, -0.2) is 14.5 Å². The normalized spacial score (nSPS) is 10.4. The Bertz CT molecular complexity index is 697. The van der Waals surface area contributed by atoms with Gasteiger partial charge in [-0.1, -0.05) is 17.7 Å². The summed E-state index contributed by atoms with van der Waals surface area (Å²) in [4.78, 5) is 25.6. The molecule has 0 atom stereocenters. The molecule has 0 bridgehead atoms. The fourth-order valence-electron chi connectivity index (χ4n) is 1.63. The molecule has 0 saturated carbocycles. The third kappa shape index (κ3) is 2.97. The summed E-state index contributed by atoms with van der Waals surface area (Å²) in [6.07, 6.45) is 1.60. The molecule has 98 valence electrons. The molecule has 0 amide bonds. The van der Waals surface area contributed by atoms with E-state index in [2.05, 4.69) is 4.98 Å². The monoisotopic (exact) mass is 279 g/mol. The van der Waals surface area contributed by atoms with Crippen molar-refractivity contribution in [2.24, 2.45) is 0 Å². The molecule has 2 aromatic rings. The van der Waals surface area contributed by atoms with Crippen LogP contribution in [0.3, 0.4) is 0 Å². The lowest BCUT2D eigenvalue weighted by atomic mass is 10.2. The molecule has 0 aliphatic carbocycles. The highest BCUT2D eigenvalue weighted by atomic mass is 35.5. The molecule has 7 heteroatoms. The molecule has 6 nitrogen and oxygen atoms in total. The van der Waals surface area contributed by atoms with Gasteiger partial charge in [-0.2, -0.15) is 4.98 Å². The summed E-state index contributed by atoms with van der Waals surface area (Å²) >= 11 is 5.72. The van der Waals surface area contributed by atoms with E-state index < -0.39 is 10.6 Å². The van der Waals surface area contributed by atoms with Crippen molar-refractivity contribution in [2.45, 2.75) is 13.5 Å². The Balaban J connectivity index is 2.36. The largest absolute Gasteiger partial charge is 0.348 e. The van der Waals surface area contributed by atoms with Gasteiger partial charge in [0.15, 0.2) is 0 Å². The lowest BCUT2D eigenvalue weighted by Crippen LogP contribution is -2.23. The van der Waals surface area contributed by atoms with Gasteiger partial charge in [0.25, 0.3) is 5.69 Å². The van der Waals surface area contributed by atoms with Crippen LogP contribution in [0.4, 0.5) is 5.69 Å². The van der Waals surface area contributed by atoms with Crippen molar-refractivity contribution in [3.63, 3.8) is 0 Å². The molecular weight excluding hydrogens is 270 g/mol. The second kappa shape index (κ2) is 5.19. The summed E-state index contributed by atoms with van der Waals surface area (Å²) < 4.78 is 1.37. The lowest BCUT2D eigenvalue weighted by molar-refractivity contribution is -0.384. The smallest absolute Gasteiger partial charge is 0.295 e. The highest BCUT2D eigenvalue weighted by Gasteiger charge is 2.13. The minimum atomic E-state index is -0.554. The summed E-state index contributed by atoms with van der Waals surface area (Å²) in [5, 5.41) is 10.9. The van der Waals surface area contributed by atoms with Crippen molar-refractivity contribution in [3.05, 3.63) is 67.3 Å². The minimum Gasteiger partial charge on any atom is -0.295 e. The van der Waals surface area contributed by atoms with E-state index in [0.29, 0.717) is 11.3 Å². The quantitative estimate of drug-likeness (QED) is 0.637. The fraction of sp³-hybridized carbons (Fsp3) is 0.167. The molecule has 0 unspecified atom stereocenters. The van der Waals surface area contributed by atoms with Crippen molar-refractivity contribution in [1.82, 2.24) is 9.55 Å². The fourth-order valence-corrected chi connectivity index (χ4v) is 1.81. The van der Waals surface area contributed by atoms with Gasteiger partial charge in [0.2, 0.25) is 0 Å². The van der Waals surface area contributed by atoms with Crippen LogP contribution in [0, 0.1) is 17.0 Å². The first-order chi connectivity index (χ1) is 8.97. The second-order valence-corrected chi connectivity index (χ2v) is 4.43. The van der Waals surface area contributed by atoms with Crippen LogP contribution in [0.1, 0.15) is 11.3 Å². The average molecular weight is 280 g/mol. The maximum absolute atomic E-state index is 11.6. The molecule has 0 spiro atoms. The molecular formula is C12H10ClN3O3. The van der Waals surface area contributed by atoms with Crippen LogP contribution in [0.2, 0.25) is 5.02 Å². The van der Waals surface area contributed by atoms with Gasteiger partial charge in [-0.05, 0) is 24.6 Å². The number of aryl methyl sites for hydroxylation is 1. The Morgan fingerprint density at radius 2 is 2.16 bits per heavy atom. The number of nitro benzene ring substituents is 1. The van der Waals surface area contributed by atoms with E-state index in [1.807, 2.05) is 0 Å². The van der Waals surface area contributed by atoms with Gasteiger partial charge in [0.1, 0.15) is 5.02 Å². The zero-order valence-corrected chi connectivity index (χ0v) is 10.8. The number of nitrogens with zero attached hydrogens (tertiary/aromatic N) is 3. The maximum atomic E-state index is 11.6. The molecule has 1 aromatic heterocycles. The summed E-state index contributed by atoms with van der Waals surface area (Å²) in [7, 11) is 0. The molecule has 1 aromatic carbocycles. The molecule has 1 heterocycles. The Hall–Kier alpha value is -2.21. The third-order valence-corrected chi connectivity index (χ3v) is 2.89. The Labute approximate surface area is 113 Å². The third-order valence-electron chi connectivity index (χ3n) is 2.57. The SMILES string of the molecule is Cc1ccn(Cc2ccc(Cl)c([N+](=O)[O-])c2)c(=O)n1. The van der Waals surface area contributed by atoms with Crippen molar-refractivity contribution >= 4 is 17.3 Å². The summed E-state index contributed by atoms with van der Waals surface area (Å²) in [5.74, 6) is 0. The van der Waals surface area contributed by atoms with Gasteiger partial charge in [-0.25, -0.2) is 4.79 Å². The molecule has 0 radical (unpaired) electrons. The van der Waals surface area contributed by atoms with Crippen molar-refractivity contribution in [2.75, 3.05) is 0 Å². The number of rotatable bonds is 3. The second-order valence-electron chi connectivity index (χ2n) is 4.02. The minimum absolute atomic E-state index is 0.0723. The van der Waals surface area contributed by atoms with Gasteiger partial charge >= 0.3 is 5.69 Å². The number of halogens is 1. The number of hydrogen-bond donors (Lipinski definition) is 0. The molecule has 0 saturated heterocycles. The van der Waals surface area contributed by atoms with Gasteiger partial charge in [-0.15, -0.1) is 0 Å². The van der Waals surface area contributed by atoms with Crippen LogP contribution in [-0.2, 0) is 6.54 Å². The van der Waals surface area contributed by atoms with Crippen LogP contribution in [0.15, 0.2) is 35.3 Å². The van der Waals surface area contributed by atoms with E-state index in [-0.39, 0.29) is 17.3 Å². The van der Waals surface area contributed by atoms with Crippen LogP contribution in [0.5, 0.6) is 0 Å². The van der Waals surface area contributed by atoms with Gasteiger partial charge in [0, 0.05) is 18.0 Å². The van der Waals surface area contributed by atoms with Crippen LogP contribution < -0.4 is 5.69 Å². The molecule has 0 aliphatic rings. The van der Waals surface area contributed by atoms with Crippen molar-refractivity contribution in [1.29, 1.82) is 0 Å². The molecule has 0 fully saturated rings. The Morgan fingerprint density at radius 1 is 1.42 bits per heavy atom. The Morgan fingerprint density at radius 3 is 2.79 bits per heavy atom. The highest BCUT2D eigenvalue weighted by Crippen LogP contribution is 2.25. The van der Waals surface area contributed by atoms with E-state index in [1.54, 1.807) is 25.3 Å². The summed E-state index contributed by atoms with van der Waals surface area (Å²) in [6, 6.07) is 6.14. The molecule has 19 heavy (non-hydrogen) atoms. The van der Waals surface area contributed by atoms with Gasteiger partial charge in [-0.3, -0.25) is 14.7 Å². The first-order valence-electron chi connectivity index (χ1n) is 5.44. The summed E-state index contributed by atoms with van der Waals surface area (Å²) in [6.45, 7) is 1.93. The van der Waals surface area contributed by atoms with Crippen molar-refractivity contribution < 1.29 is 4.92 Å². The standard InChI is InChI=1S/C12H10ClN3O3/c1-8-4-5-15(12(17)14-8)7-9-2-3-10(13)11(6-9)16(18)19/h2-6H,7H2,1H3. The van der Waals surface area contributed by atoms with E-state index in [4.69, 9.17) is 11.6 Å². The predicted molar refractivity (Wildman–Crippen MR) is 70.4 cm³/mol. The van der Waals surface area contributed by atoms with E-state index in [9.17, 15) is 14.9 Å². The summed E-state index contributed by atoms with van der Waals surface area (Å²) in [5.41, 5.74) is 0.678. The van der Waals surface area contributed by atoms with Crippen LogP contribution >= 0.6 is 11.6 Å². The van der Waals surface area contributed by atoms with Gasteiger partial charge < -0.3 is 0 Å². The zero-order chi connectivity index (χ0) is 14.0. The molecule has 2 rings (SSSR count). The number of benzene rings is 1. The zero-order valence-electron chi connectivity index (χ0n) is 10.0. The van der Waals surface area contributed by atoms with E-state index >= 15 is 0 Å². The first kappa shape index (κ1) is 13.2. The van der Waals surface area contributed by atoms with Gasteiger partial charge in [0.05, 0.1) is 11.5 Å². The number of nitro groups is 1. The lowest BCUT2D eigenvalue weighted by Gasteiger charge is -2.05. The van der Waals surface area contributed by atoms with Crippen LogP contribution in [0.25, 0.3) is 0 Å². The first-order valence-corrected chi connectivity index (χ1v) is 5.82. The Kier molecular flexibility index (Phi) is 3.62. The highest BCUT2D eigenvalue weighted by molar-refractivity contribution is 6.32. The predicted octanol–water partition coefficient (Wildman–Crippen LogP) is 2.16. The maximum Gasteiger partial charge on any atom is 0.348 e. The van der Waals surface area contributed by atoms with E-state index in [1.165, 1.54) is 16.7 Å². The van der Waals surface area contributed by atoms with Crippen molar-refractivity contribution in [3.8, 4) is 0 Å².